The van der Waals surface area contributed by atoms with Crippen LogP contribution in [0.3, 0.4) is 0 Å². The summed E-state index contributed by atoms with van der Waals surface area (Å²) in [6, 6.07) is 11.9. The smallest absolute Gasteiger partial charge is 0.249 e. The van der Waals surface area contributed by atoms with Crippen LogP contribution in [0.5, 0.6) is 0 Å². The van der Waals surface area contributed by atoms with E-state index in [1.165, 1.54) is 6.33 Å². The van der Waals surface area contributed by atoms with Gasteiger partial charge in [0, 0.05) is 36.8 Å². The minimum atomic E-state index is -1.39. The highest BCUT2D eigenvalue weighted by atomic mass is 16.3. The topological polar surface area (TPSA) is 198 Å². The third-order valence-corrected chi connectivity index (χ3v) is 9.30. The Morgan fingerprint density at radius 3 is 2.12 bits per heavy atom. The van der Waals surface area contributed by atoms with E-state index in [1.807, 2.05) is 71.9 Å². The van der Waals surface area contributed by atoms with Gasteiger partial charge in [0.25, 0.3) is 0 Å². The second-order valence-corrected chi connectivity index (χ2v) is 14.4. The molecule has 0 radical (unpaired) electrons. The van der Waals surface area contributed by atoms with E-state index >= 15 is 0 Å². The fourth-order valence-electron chi connectivity index (χ4n) is 5.99. The van der Waals surface area contributed by atoms with Crippen molar-refractivity contribution in [1.29, 1.82) is 0 Å². The number of carbonyl (C=O) groups is 4. The first-order chi connectivity index (χ1) is 24.8. The molecule has 0 fully saturated rings. The van der Waals surface area contributed by atoms with Crippen molar-refractivity contribution < 1.29 is 29.4 Å². The fourth-order valence-corrected chi connectivity index (χ4v) is 5.99. The van der Waals surface area contributed by atoms with Crippen molar-refractivity contribution in [2.75, 3.05) is 0 Å². The summed E-state index contributed by atoms with van der Waals surface area (Å²) >= 11 is 0. The number of aliphatic hydroxyl groups excluding tert-OH is 2. The number of aromatic amines is 1. The maximum atomic E-state index is 13.8. The maximum Gasteiger partial charge on any atom is 0.249 e. The molecule has 0 aliphatic rings. The first-order valence-corrected chi connectivity index (χ1v) is 18.2. The highest BCUT2D eigenvalue weighted by Gasteiger charge is 2.35. The zero-order chi connectivity index (χ0) is 38.2. The number of aliphatic hydroxyl groups is 2. The number of benzene rings is 1. The van der Waals surface area contributed by atoms with Gasteiger partial charge in [0.2, 0.25) is 23.6 Å². The van der Waals surface area contributed by atoms with Crippen molar-refractivity contribution in [3.63, 3.8) is 0 Å². The van der Waals surface area contributed by atoms with Crippen LogP contribution in [0.2, 0.25) is 0 Å². The Morgan fingerprint density at radius 1 is 0.808 bits per heavy atom. The van der Waals surface area contributed by atoms with Crippen LogP contribution in [0, 0.1) is 23.7 Å². The van der Waals surface area contributed by atoms with Gasteiger partial charge in [-0.1, -0.05) is 84.4 Å². The average molecular weight is 720 g/mol. The Morgan fingerprint density at radius 2 is 1.52 bits per heavy atom. The first-order valence-electron chi connectivity index (χ1n) is 18.2. The van der Waals surface area contributed by atoms with Crippen LogP contribution < -0.4 is 21.3 Å². The molecule has 3 aromatic rings. The number of pyridine rings is 1. The van der Waals surface area contributed by atoms with E-state index in [0.29, 0.717) is 24.2 Å². The molecule has 0 bridgehead atoms. The van der Waals surface area contributed by atoms with Crippen LogP contribution in [0.1, 0.15) is 77.8 Å². The second-order valence-electron chi connectivity index (χ2n) is 14.4. The third-order valence-electron chi connectivity index (χ3n) is 9.30. The summed E-state index contributed by atoms with van der Waals surface area (Å²) in [5.74, 6) is -2.90. The SMILES string of the molecule is CCC(C)C(NC(=O)[C@H](C[C@@H](O)[C@H](CC(C)C)NC(=O)C(Cc1cnc[nH]1)NC(=O)[C@H](O)Cc1ccccc1)C(C)C)C(=O)NCc1ccccn1. The predicted octanol–water partition coefficient (Wildman–Crippen LogP) is 2.84. The molecule has 2 heterocycles. The summed E-state index contributed by atoms with van der Waals surface area (Å²) in [5.41, 5.74) is 2.06. The number of hydrogen-bond acceptors (Lipinski definition) is 8. The van der Waals surface area contributed by atoms with Crippen LogP contribution in [0.4, 0.5) is 0 Å². The molecule has 0 aliphatic carbocycles. The number of nitrogens with one attached hydrogen (secondary N) is 5. The zero-order valence-electron chi connectivity index (χ0n) is 31.2. The molecule has 2 aromatic heterocycles. The Kier molecular flexibility index (Phi) is 16.9. The molecular formula is C39H57N7O6. The first kappa shape index (κ1) is 41.8. The lowest BCUT2D eigenvalue weighted by Gasteiger charge is -2.32. The number of aromatic nitrogens is 3. The largest absolute Gasteiger partial charge is 0.391 e. The Bertz CT molecular complexity index is 1520. The van der Waals surface area contributed by atoms with Gasteiger partial charge in [-0.2, -0.15) is 0 Å². The lowest BCUT2D eigenvalue weighted by Crippen LogP contribution is -2.56. The second kappa shape index (κ2) is 21.0. The normalized spacial score (nSPS) is 15.5. The molecule has 3 unspecified atom stereocenters. The summed E-state index contributed by atoms with van der Waals surface area (Å²) in [7, 11) is 0. The zero-order valence-corrected chi connectivity index (χ0v) is 31.2. The van der Waals surface area contributed by atoms with E-state index in [1.54, 1.807) is 30.6 Å². The number of carbonyl (C=O) groups excluding carboxylic acids is 4. The number of amides is 4. The molecule has 7 N–H and O–H groups in total. The van der Waals surface area contributed by atoms with Crippen LogP contribution in [-0.2, 0) is 38.6 Å². The molecule has 0 saturated carbocycles. The van der Waals surface area contributed by atoms with E-state index in [0.717, 1.165) is 5.56 Å². The summed E-state index contributed by atoms with van der Waals surface area (Å²) < 4.78 is 0. The average Bonchev–Trinajstić information content (AvgIpc) is 3.64. The number of hydrogen-bond donors (Lipinski definition) is 7. The molecule has 13 nitrogen and oxygen atoms in total. The molecule has 7 atom stereocenters. The van der Waals surface area contributed by atoms with Crippen molar-refractivity contribution >= 4 is 23.6 Å². The summed E-state index contributed by atoms with van der Waals surface area (Å²) in [5, 5.41) is 33.8. The van der Waals surface area contributed by atoms with Gasteiger partial charge in [0.15, 0.2) is 0 Å². The maximum absolute atomic E-state index is 13.8. The van der Waals surface area contributed by atoms with Crippen LogP contribution in [0.25, 0.3) is 0 Å². The van der Waals surface area contributed by atoms with Crippen molar-refractivity contribution in [2.24, 2.45) is 23.7 Å². The summed E-state index contributed by atoms with van der Waals surface area (Å²) in [4.78, 5) is 65.3. The summed E-state index contributed by atoms with van der Waals surface area (Å²) in [6.07, 6.45) is 3.35. The molecular weight excluding hydrogens is 662 g/mol. The highest BCUT2D eigenvalue weighted by molar-refractivity contribution is 5.90. The number of nitrogens with zero attached hydrogens (tertiary/aromatic N) is 2. The van der Waals surface area contributed by atoms with Gasteiger partial charge >= 0.3 is 0 Å². The third kappa shape index (κ3) is 13.5. The van der Waals surface area contributed by atoms with Gasteiger partial charge < -0.3 is 36.5 Å². The molecule has 0 spiro atoms. The number of rotatable bonds is 21. The standard InChI is InChI=1S/C39H57N7O6/c1-7-26(6)35(39(52)42-22-28-15-11-12-16-41-28)46-36(49)30(25(4)5)20-33(47)31(17-24(2)3)44-37(50)32(19-29-21-40-23-43-29)45-38(51)34(48)18-27-13-9-8-10-14-27/h8-16,21,23-26,30-35,47-48H,7,17-20,22H2,1-6H3,(H,40,43)(H,42,52)(H,44,50)(H,45,51)(H,46,49)/t26?,30-,31+,32?,33-,34-,35?/m1/s1. The Hall–Kier alpha value is -4.62. The molecule has 52 heavy (non-hydrogen) atoms. The van der Waals surface area contributed by atoms with E-state index in [4.69, 9.17) is 0 Å². The van der Waals surface area contributed by atoms with E-state index in [-0.39, 0.29) is 55.4 Å². The van der Waals surface area contributed by atoms with Gasteiger partial charge in [0.1, 0.15) is 18.2 Å². The molecule has 0 aliphatic heterocycles. The monoisotopic (exact) mass is 719 g/mol. The van der Waals surface area contributed by atoms with Crippen molar-refractivity contribution in [2.45, 2.75) is 111 Å². The molecule has 284 valence electrons. The molecule has 4 amide bonds. The van der Waals surface area contributed by atoms with E-state index in [9.17, 15) is 29.4 Å². The van der Waals surface area contributed by atoms with Crippen molar-refractivity contribution in [3.05, 3.63) is 84.2 Å². The minimum absolute atomic E-state index is 0.0251. The van der Waals surface area contributed by atoms with Gasteiger partial charge in [-0.3, -0.25) is 24.2 Å². The van der Waals surface area contributed by atoms with Gasteiger partial charge in [-0.25, -0.2) is 4.98 Å². The van der Waals surface area contributed by atoms with E-state index < -0.39 is 48.1 Å². The number of imidazole rings is 1. The Balaban J connectivity index is 1.73. The lowest BCUT2D eigenvalue weighted by molar-refractivity contribution is -0.135. The number of H-pyrrole nitrogens is 1. The fraction of sp³-hybridized carbons (Fsp3) is 0.538. The minimum Gasteiger partial charge on any atom is -0.391 e. The molecule has 13 heteroatoms. The predicted molar refractivity (Wildman–Crippen MR) is 198 cm³/mol. The molecule has 0 saturated heterocycles. The lowest BCUT2D eigenvalue weighted by atomic mass is 9.85. The highest BCUT2D eigenvalue weighted by Crippen LogP contribution is 2.23. The van der Waals surface area contributed by atoms with Crippen LogP contribution in [-0.4, -0.2) is 79.1 Å². The van der Waals surface area contributed by atoms with Crippen LogP contribution in [0.15, 0.2) is 67.3 Å². The van der Waals surface area contributed by atoms with E-state index in [2.05, 4.69) is 36.2 Å². The van der Waals surface area contributed by atoms with Crippen molar-refractivity contribution in [1.82, 2.24) is 36.2 Å². The Labute approximate surface area is 307 Å². The molecule has 1 aromatic carbocycles. The van der Waals surface area contributed by atoms with Crippen molar-refractivity contribution in [3.8, 4) is 0 Å². The van der Waals surface area contributed by atoms with Gasteiger partial charge in [-0.15, -0.1) is 0 Å². The van der Waals surface area contributed by atoms with Gasteiger partial charge in [-0.05, 0) is 48.3 Å². The van der Waals surface area contributed by atoms with Crippen LogP contribution >= 0.6 is 0 Å². The molecule has 3 rings (SSSR count). The van der Waals surface area contributed by atoms with Gasteiger partial charge in [0.05, 0.1) is 30.7 Å². The quantitative estimate of drug-likeness (QED) is 0.0872. The summed E-state index contributed by atoms with van der Waals surface area (Å²) in [6.45, 7) is 11.7.